The third kappa shape index (κ3) is 4.36. The van der Waals surface area contributed by atoms with Crippen LogP contribution in [-0.2, 0) is 7.05 Å². The summed E-state index contributed by atoms with van der Waals surface area (Å²) >= 11 is 0. The first kappa shape index (κ1) is 21.2. The minimum Gasteiger partial charge on any atom is -0.497 e. The number of hydrogen-bond acceptors (Lipinski definition) is 5. The Morgan fingerprint density at radius 1 is 1.19 bits per heavy atom. The number of pyridine rings is 1. The van der Waals surface area contributed by atoms with Crippen LogP contribution in [0, 0.1) is 19.8 Å². The summed E-state index contributed by atoms with van der Waals surface area (Å²) in [7, 11) is 5.42. The smallest absolute Gasteiger partial charge is 0.274 e. The number of anilines is 1. The number of benzene rings is 1. The van der Waals surface area contributed by atoms with Crippen molar-refractivity contribution in [2.75, 3.05) is 38.7 Å². The van der Waals surface area contributed by atoms with Crippen LogP contribution in [0.3, 0.4) is 0 Å². The zero-order valence-corrected chi connectivity index (χ0v) is 19.1. The van der Waals surface area contributed by atoms with E-state index in [1.807, 2.05) is 44.1 Å². The maximum Gasteiger partial charge on any atom is 0.274 e. The molecule has 7 heteroatoms. The van der Waals surface area contributed by atoms with E-state index in [1.54, 1.807) is 11.8 Å². The molecule has 2 aromatic heterocycles. The second-order valence-electron chi connectivity index (χ2n) is 8.59. The summed E-state index contributed by atoms with van der Waals surface area (Å²) in [5, 5.41) is 5.48. The molecule has 0 saturated carbocycles. The lowest BCUT2D eigenvalue weighted by molar-refractivity contribution is 0.0758. The highest BCUT2D eigenvalue weighted by atomic mass is 16.5. The molecule has 1 fully saturated rings. The van der Waals surface area contributed by atoms with E-state index in [0.29, 0.717) is 11.6 Å². The van der Waals surface area contributed by atoms with Crippen molar-refractivity contribution in [3.8, 4) is 5.75 Å². The Bertz CT molecular complexity index is 1080. The zero-order chi connectivity index (χ0) is 22.1. The van der Waals surface area contributed by atoms with Crippen molar-refractivity contribution in [1.29, 1.82) is 0 Å². The van der Waals surface area contributed by atoms with Gasteiger partial charge in [-0.3, -0.25) is 9.48 Å². The maximum absolute atomic E-state index is 12.7. The first-order valence-electron chi connectivity index (χ1n) is 10.8. The van der Waals surface area contributed by atoms with Crippen molar-refractivity contribution in [3.63, 3.8) is 0 Å². The van der Waals surface area contributed by atoms with Gasteiger partial charge in [-0.05, 0) is 62.4 Å². The highest BCUT2D eigenvalue weighted by Gasteiger charge is 2.24. The predicted molar refractivity (Wildman–Crippen MR) is 123 cm³/mol. The van der Waals surface area contributed by atoms with Gasteiger partial charge >= 0.3 is 0 Å². The molecule has 1 aliphatic rings. The van der Waals surface area contributed by atoms with Crippen LogP contribution in [-0.4, -0.2) is 59.4 Å². The molecule has 1 aromatic carbocycles. The predicted octanol–water partition coefficient (Wildman–Crippen LogP) is 3.58. The van der Waals surface area contributed by atoms with Gasteiger partial charge in [-0.1, -0.05) is 0 Å². The number of carbonyl (C=O) groups is 1. The van der Waals surface area contributed by atoms with Crippen molar-refractivity contribution in [2.45, 2.75) is 26.7 Å². The molecule has 4 rings (SSSR count). The van der Waals surface area contributed by atoms with E-state index in [9.17, 15) is 4.79 Å². The van der Waals surface area contributed by atoms with Gasteiger partial charge in [-0.2, -0.15) is 5.10 Å². The fraction of sp³-hybridized carbons (Fsp3) is 0.458. The Labute approximate surface area is 183 Å². The molecule has 7 nitrogen and oxygen atoms in total. The van der Waals surface area contributed by atoms with Crippen molar-refractivity contribution < 1.29 is 9.53 Å². The Hall–Kier alpha value is -3.09. The Morgan fingerprint density at radius 2 is 1.94 bits per heavy atom. The number of amides is 1. The summed E-state index contributed by atoms with van der Waals surface area (Å²) in [4.78, 5) is 21.8. The zero-order valence-electron chi connectivity index (χ0n) is 19.1. The number of carbonyl (C=O) groups excluding carboxylic acids is 1. The maximum atomic E-state index is 12.7. The van der Waals surface area contributed by atoms with Gasteiger partial charge in [0.1, 0.15) is 11.6 Å². The Morgan fingerprint density at radius 3 is 2.58 bits per heavy atom. The summed E-state index contributed by atoms with van der Waals surface area (Å²) in [6.45, 7) is 6.73. The van der Waals surface area contributed by atoms with E-state index < -0.39 is 0 Å². The largest absolute Gasteiger partial charge is 0.497 e. The van der Waals surface area contributed by atoms with E-state index in [-0.39, 0.29) is 5.91 Å². The van der Waals surface area contributed by atoms with Gasteiger partial charge in [0.15, 0.2) is 5.69 Å². The van der Waals surface area contributed by atoms with Crippen LogP contribution in [0.2, 0.25) is 0 Å². The lowest BCUT2D eigenvalue weighted by Gasteiger charge is -2.34. The third-order valence-electron chi connectivity index (χ3n) is 6.36. The normalized spacial score (nSPS) is 14.8. The van der Waals surface area contributed by atoms with Crippen LogP contribution in [0.1, 0.15) is 34.6 Å². The molecule has 0 radical (unpaired) electrons. The lowest BCUT2D eigenvalue weighted by Crippen LogP contribution is -2.40. The number of aromatic nitrogens is 3. The fourth-order valence-corrected chi connectivity index (χ4v) is 4.33. The van der Waals surface area contributed by atoms with Gasteiger partial charge in [0.25, 0.3) is 5.91 Å². The Balaban J connectivity index is 1.39. The molecule has 0 N–H and O–H groups in total. The number of fused-ring (bicyclic) bond motifs is 1. The highest BCUT2D eigenvalue weighted by Crippen LogP contribution is 2.28. The molecule has 3 aromatic rings. The molecule has 31 heavy (non-hydrogen) atoms. The molecular weight excluding hydrogens is 390 g/mol. The second kappa shape index (κ2) is 8.57. The SMILES string of the molecule is COc1ccc2c(C)cc(N3CCC(CN(C)C(=O)c4cc(C)n(C)n4)CC3)nc2c1. The molecule has 0 atom stereocenters. The van der Waals surface area contributed by atoms with Crippen molar-refractivity contribution in [2.24, 2.45) is 13.0 Å². The van der Waals surface area contributed by atoms with Crippen molar-refractivity contribution >= 4 is 22.6 Å². The number of hydrogen-bond donors (Lipinski definition) is 0. The molecule has 1 saturated heterocycles. The van der Waals surface area contributed by atoms with Gasteiger partial charge in [0.05, 0.1) is 12.6 Å². The van der Waals surface area contributed by atoms with Crippen LogP contribution in [0.4, 0.5) is 5.82 Å². The standard InChI is InChI=1S/C24H31N5O2/c1-16-12-23(25-21-14-19(31-5)6-7-20(16)21)29-10-8-18(9-11-29)15-27(3)24(30)22-13-17(2)28(4)26-22/h6-7,12-14,18H,8-11,15H2,1-5H3. The van der Waals surface area contributed by atoms with E-state index in [2.05, 4.69) is 29.1 Å². The topological polar surface area (TPSA) is 63.5 Å². The monoisotopic (exact) mass is 421 g/mol. The third-order valence-corrected chi connectivity index (χ3v) is 6.36. The highest BCUT2D eigenvalue weighted by molar-refractivity contribution is 5.92. The first-order valence-corrected chi connectivity index (χ1v) is 10.8. The molecular formula is C24H31N5O2. The first-order chi connectivity index (χ1) is 14.9. The van der Waals surface area contributed by atoms with Gasteiger partial charge < -0.3 is 14.5 Å². The number of ether oxygens (including phenoxy) is 1. The number of rotatable bonds is 5. The van der Waals surface area contributed by atoms with Gasteiger partial charge in [0.2, 0.25) is 0 Å². The summed E-state index contributed by atoms with van der Waals surface area (Å²) < 4.78 is 7.11. The second-order valence-corrected chi connectivity index (χ2v) is 8.59. The molecule has 0 unspecified atom stereocenters. The molecule has 1 amide bonds. The van der Waals surface area contributed by atoms with Gasteiger partial charge in [0, 0.05) is 50.9 Å². The quantitative estimate of drug-likeness (QED) is 0.630. The van der Waals surface area contributed by atoms with Crippen LogP contribution in [0.25, 0.3) is 10.9 Å². The Kier molecular flexibility index (Phi) is 5.85. The number of piperidine rings is 1. The van der Waals surface area contributed by atoms with E-state index in [4.69, 9.17) is 9.72 Å². The number of nitrogens with zero attached hydrogens (tertiary/aromatic N) is 5. The molecule has 0 spiro atoms. The van der Waals surface area contributed by atoms with Crippen molar-refractivity contribution in [1.82, 2.24) is 19.7 Å². The van der Waals surface area contributed by atoms with Crippen LogP contribution < -0.4 is 9.64 Å². The number of methoxy groups -OCH3 is 1. The molecule has 164 valence electrons. The number of aryl methyl sites for hydroxylation is 3. The molecule has 0 aliphatic carbocycles. The van der Waals surface area contributed by atoms with Crippen LogP contribution in [0.5, 0.6) is 5.75 Å². The van der Waals surface area contributed by atoms with Gasteiger partial charge in [-0.25, -0.2) is 4.98 Å². The summed E-state index contributed by atoms with van der Waals surface area (Å²) in [5.41, 5.74) is 3.69. The van der Waals surface area contributed by atoms with E-state index in [1.165, 1.54) is 5.56 Å². The van der Waals surface area contributed by atoms with Crippen LogP contribution >= 0.6 is 0 Å². The van der Waals surface area contributed by atoms with Crippen LogP contribution in [0.15, 0.2) is 30.3 Å². The minimum atomic E-state index is -0.00750. The fourth-order valence-electron chi connectivity index (χ4n) is 4.33. The van der Waals surface area contributed by atoms with E-state index in [0.717, 1.165) is 60.6 Å². The van der Waals surface area contributed by atoms with E-state index >= 15 is 0 Å². The molecule has 0 bridgehead atoms. The lowest BCUT2D eigenvalue weighted by atomic mass is 9.96. The molecule has 3 heterocycles. The summed E-state index contributed by atoms with van der Waals surface area (Å²) in [5.74, 6) is 2.32. The average molecular weight is 422 g/mol. The van der Waals surface area contributed by atoms with Crippen molar-refractivity contribution in [3.05, 3.63) is 47.3 Å². The minimum absolute atomic E-state index is 0.00750. The summed E-state index contributed by atoms with van der Waals surface area (Å²) in [6.07, 6.45) is 2.07. The summed E-state index contributed by atoms with van der Waals surface area (Å²) in [6, 6.07) is 10.1. The van der Waals surface area contributed by atoms with Gasteiger partial charge in [-0.15, -0.1) is 0 Å². The average Bonchev–Trinajstić information content (AvgIpc) is 3.11. The molecule has 1 aliphatic heterocycles.